The number of anilines is 1. The molecule has 0 unspecified atom stereocenters. The first-order valence-electron chi connectivity index (χ1n) is 6.27. The Balaban J connectivity index is 1.97. The van der Waals surface area contributed by atoms with Gasteiger partial charge in [0.05, 0.1) is 5.02 Å². The zero-order valence-electron chi connectivity index (χ0n) is 11.6. The number of aryl methyl sites for hydroxylation is 1. The lowest BCUT2D eigenvalue weighted by Crippen LogP contribution is -2.21. The molecular formula is C15H14Cl2N2O2. The number of carbonyl (C=O) groups is 1. The van der Waals surface area contributed by atoms with Gasteiger partial charge in [-0.1, -0.05) is 23.2 Å². The molecule has 1 N–H and O–H groups in total. The van der Waals surface area contributed by atoms with Gasteiger partial charge in [0.2, 0.25) is 0 Å². The van der Waals surface area contributed by atoms with Crippen molar-refractivity contribution in [3.05, 3.63) is 51.8 Å². The second kappa shape index (κ2) is 6.78. The molecule has 2 aromatic rings. The molecule has 1 aromatic carbocycles. The van der Waals surface area contributed by atoms with Crippen LogP contribution in [-0.2, 0) is 4.79 Å². The predicted octanol–water partition coefficient (Wildman–Crippen LogP) is 4.02. The molecular weight excluding hydrogens is 311 g/mol. The largest absolute Gasteiger partial charge is 0.482 e. The smallest absolute Gasteiger partial charge is 0.262 e. The van der Waals surface area contributed by atoms with E-state index in [1.165, 1.54) is 0 Å². The Morgan fingerprint density at radius 2 is 2.05 bits per heavy atom. The van der Waals surface area contributed by atoms with E-state index >= 15 is 0 Å². The first-order valence-corrected chi connectivity index (χ1v) is 7.03. The number of benzene rings is 1. The maximum atomic E-state index is 11.9. The molecule has 1 amide bonds. The standard InChI is InChI=1S/C15H14Cl2N2O2/c1-9-10(2)18-6-5-13(9)19-15(20)8-21-14-4-3-11(16)7-12(14)17/h3-7H,8H2,1-2H3,(H,18,19,20). The fraction of sp³-hybridized carbons (Fsp3) is 0.200. The number of hydrogen-bond acceptors (Lipinski definition) is 3. The average molecular weight is 325 g/mol. The summed E-state index contributed by atoms with van der Waals surface area (Å²) in [4.78, 5) is 16.0. The van der Waals surface area contributed by atoms with E-state index in [-0.39, 0.29) is 12.5 Å². The van der Waals surface area contributed by atoms with Gasteiger partial charge < -0.3 is 10.1 Å². The van der Waals surface area contributed by atoms with Gasteiger partial charge >= 0.3 is 0 Å². The third-order valence-electron chi connectivity index (χ3n) is 2.98. The summed E-state index contributed by atoms with van der Waals surface area (Å²) in [7, 11) is 0. The molecule has 0 atom stereocenters. The second-order valence-corrected chi connectivity index (χ2v) is 5.32. The highest BCUT2D eigenvalue weighted by Crippen LogP contribution is 2.27. The van der Waals surface area contributed by atoms with Gasteiger partial charge in [0, 0.05) is 22.6 Å². The first-order chi connectivity index (χ1) is 9.97. The molecule has 0 radical (unpaired) electrons. The molecule has 0 fully saturated rings. The van der Waals surface area contributed by atoms with Crippen LogP contribution in [-0.4, -0.2) is 17.5 Å². The Morgan fingerprint density at radius 1 is 1.29 bits per heavy atom. The average Bonchev–Trinajstić information content (AvgIpc) is 2.43. The lowest BCUT2D eigenvalue weighted by molar-refractivity contribution is -0.118. The number of pyridine rings is 1. The summed E-state index contributed by atoms with van der Waals surface area (Å²) in [6.45, 7) is 3.64. The molecule has 0 spiro atoms. The van der Waals surface area contributed by atoms with Crippen LogP contribution in [0.4, 0.5) is 5.69 Å². The van der Waals surface area contributed by atoms with Gasteiger partial charge in [0.25, 0.3) is 5.91 Å². The fourth-order valence-corrected chi connectivity index (χ4v) is 2.16. The number of nitrogens with zero attached hydrogens (tertiary/aromatic N) is 1. The van der Waals surface area contributed by atoms with Crippen LogP contribution in [0, 0.1) is 13.8 Å². The zero-order valence-corrected chi connectivity index (χ0v) is 13.1. The number of aromatic nitrogens is 1. The summed E-state index contributed by atoms with van der Waals surface area (Å²) < 4.78 is 5.38. The van der Waals surface area contributed by atoms with E-state index in [2.05, 4.69) is 10.3 Å². The van der Waals surface area contributed by atoms with E-state index < -0.39 is 0 Å². The molecule has 21 heavy (non-hydrogen) atoms. The molecule has 0 bridgehead atoms. The van der Waals surface area contributed by atoms with Gasteiger partial charge in [0.1, 0.15) is 5.75 Å². The van der Waals surface area contributed by atoms with Crippen molar-refractivity contribution in [1.82, 2.24) is 4.98 Å². The van der Waals surface area contributed by atoms with E-state index in [0.717, 1.165) is 16.9 Å². The van der Waals surface area contributed by atoms with Crippen LogP contribution in [0.25, 0.3) is 0 Å². The molecule has 1 aromatic heterocycles. The summed E-state index contributed by atoms with van der Waals surface area (Å²) >= 11 is 11.8. The van der Waals surface area contributed by atoms with E-state index in [1.807, 2.05) is 13.8 Å². The van der Waals surface area contributed by atoms with Crippen LogP contribution >= 0.6 is 23.2 Å². The number of carbonyl (C=O) groups excluding carboxylic acids is 1. The maximum Gasteiger partial charge on any atom is 0.262 e. The summed E-state index contributed by atoms with van der Waals surface area (Å²) in [5, 5.41) is 3.66. The van der Waals surface area contributed by atoms with Gasteiger partial charge in [-0.05, 0) is 43.7 Å². The van der Waals surface area contributed by atoms with E-state index in [1.54, 1.807) is 30.5 Å². The van der Waals surface area contributed by atoms with E-state index in [0.29, 0.717) is 15.8 Å². The number of amides is 1. The van der Waals surface area contributed by atoms with Crippen molar-refractivity contribution in [1.29, 1.82) is 0 Å². The number of halogens is 2. The lowest BCUT2D eigenvalue weighted by Gasteiger charge is -2.11. The summed E-state index contributed by atoms with van der Waals surface area (Å²) in [5.74, 6) is 0.147. The molecule has 0 aliphatic carbocycles. The van der Waals surface area contributed by atoms with Crippen LogP contribution in [0.1, 0.15) is 11.3 Å². The minimum Gasteiger partial charge on any atom is -0.482 e. The number of hydrogen-bond donors (Lipinski definition) is 1. The molecule has 0 aliphatic rings. The number of rotatable bonds is 4. The van der Waals surface area contributed by atoms with Gasteiger partial charge in [0.15, 0.2) is 6.61 Å². The molecule has 0 saturated carbocycles. The topological polar surface area (TPSA) is 51.2 Å². The molecule has 6 heteroatoms. The Labute approximate surface area is 133 Å². The maximum absolute atomic E-state index is 11.9. The molecule has 4 nitrogen and oxygen atoms in total. The number of ether oxygens (including phenoxy) is 1. The Morgan fingerprint density at radius 3 is 2.76 bits per heavy atom. The van der Waals surface area contributed by atoms with Gasteiger partial charge in [-0.2, -0.15) is 0 Å². The Kier molecular flexibility index (Phi) is 5.04. The summed E-state index contributed by atoms with van der Waals surface area (Å²) in [6, 6.07) is 6.58. The van der Waals surface area contributed by atoms with Crippen LogP contribution in [0.5, 0.6) is 5.75 Å². The van der Waals surface area contributed by atoms with Gasteiger partial charge in [-0.15, -0.1) is 0 Å². The zero-order chi connectivity index (χ0) is 15.4. The Hall–Kier alpha value is -1.78. The van der Waals surface area contributed by atoms with Crippen molar-refractivity contribution >= 4 is 34.8 Å². The fourth-order valence-electron chi connectivity index (χ4n) is 1.70. The van der Waals surface area contributed by atoms with Gasteiger partial charge in [-0.25, -0.2) is 0 Å². The van der Waals surface area contributed by atoms with Crippen molar-refractivity contribution in [2.75, 3.05) is 11.9 Å². The lowest BCUT2D eigenvalue weighted by atomic mass is 10.2. The van der Waals surface area contributed by atoms with E-state index in [9.17, 15) is 4.79 Å². The summed E-state index contributed by atoms with van der Waals surface area (Å²) in [6.07, 6.45) is 1.65. The molecule has 2 rings (SSSR count). The quantitative estimate of drug-likeness (QED) is 0.923. The SMILES string of the molecule is Cc1nccc(NC(=O)COc2ccc(Cl)cc2Cl)c1C. The second-order valence-electron chi connectivity index (χ2n) is 4.48. The normalized spacial score (nSPS) is 10.3. The monoisotopic (exact) mass is 324 g/mol. The van der Waals surface area contributed by atoms with Crippen molar-refractivity contribution in [3.8, 4) is 5.75 Å². The highest BCUT2D eigenvalue weighted by Gasteiger charge is 2.09. The molecule has 1 heterocycles. The first kappa shape index (κ1) is 15.6. The highest BCUT2D eigenvalue weighted by molar-refractivity contribution is 6.35. The van der Waals surface area contributed by atoms with Crippen LogP contribution < -0.4 is 10.1 Å². The minimum atomic E-state index is -0.269. The van der Waals surface area contributed by atoms with Crippen molar-refractivity contribution < 1.29 is 9.53 Å². The predicted molar refractivity (Wildman–Crippen MR) is 84.3 cm³/mol. The van der Waals surface area contributed by atoms with Gasteiger partial charge in [-0.3, -0.25) is 9.78 Å². The third kappa shape index (κ3) is 4.09. The third-order valence-corrected chi connectivity index (χ3v) is 3.51. The van der Waals surface area contributed by atoms with Crippen molar-refractivity contribution in [3.63, 3.8) is 0 Å². The summed E-state index contributed by atoms with van der Waals surface area (Å²) in [5.41, 5.74) is 2.52. The van der Waals surface area contributed by atoms with E-state index in [4.69, 9.17) is 27.9 Å². The molecule has 110 valence electrons. The van der Waals surface area contributed by atoms with Crippen LogP contribution in [0.15, 0.2) is 30.5 Å². The molecule has 0 saturated heterocycles. The molecule has 0 aliphatic heterocycles. The number of nitrogens with one attached hydrogen (secondary N) is 1. The van der Waals surface area contributed by atoms with Crippen LogP contribution in [0.3, 0.4) is 0 Å². The van der Waals surface area contributed by atoms with Crippen LogP contribution in [0.2, 0.25) is 10.0 Å². The van der Waals surface area contributed by atoms with Crippen molar-refractivity contribution in [2.24, 2.45) is 0 Å². The van der Waals surface area contributed by atoms with Crippen molar-refractivity contribution in [2.45, 2.75) is 13.8 Å². The minimum absolute atomic E-state index is 0.137. The highest BCUT2D eigenvalue weighted by atomic mass is 35.5. The Bertz CT molecular complexity index is 675.